The number of ether oxygens (including phenoxy) is 2. The summed E-state index contributed by atoms with van der Waals surface area (Å²) in [6.07, 6.45) is 3.82. The maximum Gasteiger partial charge on any atom is 0.407 e. The van der Waals surface area contributed by atoms with Gasteiger partial charge in [-0.1, -0.05) is 30.3 Å². The summed E-state index contributed by atoms with van der Waals surface area (Å²) >= 11 is 0. The molecule has 0 heterocycles. The average molecular weight is 306 g/mol. The van der Waals surface area contributed by atoms with Crippen molar-refractivity contribution >= 4 is 6.09 Å². The molecule has 0 aliphatic heterocycles. The second-order valence-electron chi connectivity index (χ2n) is 5.70. The van der Waals surface area contributed by atoms with Gasteiger partial charge in [0.15, 0.2) is 0 Å². The Balaban J connectivity index is 1.60. The summed E-state index contributed by atoms with van der Waals surface area (Å²) in [4.78, 5) is 11.8. The highest BCUT2D eigenvalue weighted by Gasteiger charge is 2.22. The van der Waals surface area contributed by atoms with Gasteiger partial charge >= 0.3 is 6.09 Å². The van der Waals surface area contributed by atoms with Crippen molar-refractivity contribution in [3.63, 3.8) is 0 Å². The highest BCUT2D eigenvalue weighted by atomic mass is 16.5. The minimum absolute atomic E-state index is 0.226. The third kappa shape index (κ3) is 6.03. The normalized spacial score (nSPS) is 21.3. The van der Waals surface area contributed by atoms with Crippen LogP contribution in [0.4, 0.5) is 4.79 Å². The van der Waals surface area contributed by atoms with Crippen molar-refractivity contribution in [2.45, 2.75) is 44.4 Å². The number of hydrogen-bond acceptors (Lipinski definition) is 4. The Bertz CT molecular complexity index is 431. The van der Waals surface area contributed by atoms with Crippen LogP contribution in [0.3, 0.4) is 0 Å². The van der Waals surface area contributed by atoms with Gasteiger partial charge in [-0.05, 0) is 31.2 Å². The molecule has 1 aromatic rings. The number of carbonyl (C=O) groups excluding carboxylic acids is 1. The van der Waals surface area contributed by atoms with Gasteiger partial charge in [0, 0.05) is 25.7 Å². The Kier molecular flexibility index (Phi) is 7.19. The number of alkyl carbamates (subject to hydrolysis) is 1. The number of rotatable bonds is 7. The van der Waals surface area contributed by atoms with Crippen LogP contribution in [0.2, 0.25) is 0 Å². The number of amides is 1. The SMILES string of the molecule is COCCNC1CCC(NC(=O)OCc2ccccc2)CC1. The van der Waals surface area contributed by atoms with E-state index in [0.717, 1.165) is 44.4 Å². The Hall–Kier alpha value is -1.59. The number of carbonyl (C=O) groups is 1. The second-order valence-corrected chi connectivity index (χ2v) is 5.70. The van der Waals surface area contributed by atoms with Gasteiger partial charge in [-0.25, -0.2) is 4.79 Å². The number of nitrogens with one attached hydrogen (secondary N) is 2. The maximum absolute atomic E-state index is 11.8. The predicted molar refractivity (Wildman–Crippen MR) is 85.7 cm³/mol. The molecule has 122 valence electrons. The first-order valence-electron chi connectivity index (χ1n) is 7.97. The van der Waals surface area contributed by atoms with Crippen LogP contribution in [0.15, 0.2) is 30.3 Å². The molecule has 0 atom stereocenters. The van der Waals surface area contributed by atoms with Gasteiger partial charge in [-0.15, -0.1) is 0 Å². The lowest BCUT2D eigenvalue weighted by atomic mass is 9.91. The van der Waals surface area contributed by atoms with E-state index < -0.39 is 0 Å². The zero-order valence-electron chi connectivity index (χ0n) is 13.2. The first-order chi connectivity index (χ1) is 10.8. The van der Waals surface area contributed by atoms with Crippen LogP contribution >= 0.6 is 0 Å². The lowest BCUT2D eigenvalue weighted by molar-refractivity contribution is 0.131. The number of hydrogen-bond donors (Lipinski definition) is 2. The van der Waals surface area contributed by atoms with Gasteiger partial charge in [0.05, 0.1) is 6.61 Å². The molecule has 1 amide bonds. The van der Waals surface area contributed by atoms with E-state index >= 15 is 0 Å². The molecule has 5 heteroatoms. The fraction of sp³-hybridized carbons (Fsp3) is 0.588. The van der Waals surface area contributed by atoms with Gasteiger partial charge in [0.1, 0.15) is 6.61 Å². The molecule has 0 aromatic heterocycles. The molecular weight excluding hydrogens is 280 g/mol. The number of benzene rings is 1. The molecule has 1 saturated carbocycles. The van der Waals surface area contributed by atoms with E-state index in [0.29, 0.717) is 12.6 Å². The summed E-state index contributed by atoms with van der Waals surface area (Å²) < 4.78 is 10.3. The molecule has 1 aromatic carbocycles. The van der Waals surface area contributed by atoms with Crippen molar-refractivity contribution in [1.82, 2.24) is 10.6 Å². The third-order valence-electron chi connectivity index (χ3n) is 4.00. The Labute approximate surface area is 132 Å². The molecule has 2 N–H and O–H groups in total. The lowest BCUT2D eigenvalue weighted by Crippen LogP contribution is -2.42. The minimum Gasteiger partial charge on any atom is -0.445 e. The topological polar surface area (TPSA) is 59.6 Å². The van der Waals surface area contributed by atoms with E-state index in [9.17, 15) is 4.79 Å². The summed E-state index contributed by atoms with van der Waals surface area (Å²) in [5.74, 6) is 0. The largest absolute Gasteiger partial charge is 0.445 e. The van der Waals surface area contributed by atoms with E-state index in [1.165, 1.54) is 0 Å². The van der Waals surface area contributed by atoms with Crippen molar-refractivity contribution in [1.29, 1.82) is 0 Å². The van der Waals surface area contributed by atoms with Crippen molar-refractivity contribution < 1.29 is 14.3 Å². The highest BCUT2D eigenvalue weighted by Crippen LogP contribution is 2.18. The van der Waals surface area contributed by atoms with E-state index in [-0.39, 0.29) is 12.1 Å². The van der Waals surface area contributed by atoms with Crippen LogP contribution in [0.1, 0.15) is 31.2 Å². The first kappa shape index (κ1) is 16.8. The third-order valence-corrected chi connectivity index (χ3v) is 4.00. The predicted octanol–water partition coefficient (Wildman–Crippen LogP) is 2.46. The summed E-state index contributed by atoms with van der Waals surface area (Å²) in [6, 6.07) is 10.5. The zero-order chi connectivity index (χ0) is 15.6. The van der Waals surface area contributed by atoms with Crippen molar-refractivity contribution in [2.24, 2.45) is 0 Å². The van der Waals surface area contributed by atoms with E-state index in [2.05, 4.69) is 10.6 Å². The van der Waals surface area contributed by atoms with Crippen LogP contribution in [0.25, 0.3) is 0 Å². The van der Waals surface area contributed by atoms with Crippen LogP contribution in [-0.2, 0) is 16.1 Å². The maximum atomic E-state index is 11.8. The molecular formula is C17H26N2O3. The van der Waals surface area contributed by atoms with Crippen molar-refractivity contribution in [2.75, 3.05) is 20.3 Å². The molecule has 0 radical (unpaired) electrons. The Morgan fingerprint density at radius 1 is 1.14 bits per heavy atom. The van der Waals surface area contributed by atoms with Crippen molar-refractivity contribution in [3.8, 4) is 0 Å². The standard InChI is InChI=1S/C17H26N2O3/c1-21-12-11-18-15-7-9-16(10-8-15)19-17(20)22-13-14-5-3-2-4-6-14/h2-6,15-16,18H,7-13H2,1H3,(H,19,20). The van der Waals surface area contributed by atoms with Gasteiger partial charge in [-0.2, -0.15) is 0 Å². The lowest BCUT2D eigenvalue weighted by Gasteiger charge is -2.29. The van der Waals surface area contributed by atoms with Crippen LogP contribution in [0, 0.1) is 0 Å². The van der Waals surface area contributed by atoms with Gasteiger partial charge in [0.25, 0.3) is 0 Å². The van der Waals surface area contributed by atoms with E-state index in [1.807, 2.05) is 30.3 Å². The highest BCUT2D eigenvalue weighted by molar-refractivity contribution is 5.67. The van der Waals surface area contributed by atoms with Crippen LogP contribution in [-0.4, -0.2) is 38.4 Å². The molecule has 22 heavy (non-hydrogen) atoms. The molecule has 2 rings (SSSR count). The monoisotopic (exact) mass is 306 g/mol. The molecule has 1 aliphatic carbocycles. The van der Waals surface area contributed by atoms with Crippen LogP contribution in [0.5, 0.6) is 0 Å². The fourth-order valence-corrected chi connectivity index (χ4v) is 2.74. The van der Waals surface area contributed by atoms with E-state index in [4.69, 9.17) is 9.47 Å². The average Bonchev–Trinajstić information content (AvgIpc) is 2.56. The summed E-state index contributed by atoms with van der Waals surface area (Å²) in [6.45, 7) is 1.95. The first-order valence-corrected chi connectivity index (χ1v) is 7.97. The molecule has 5 nitrogen and oxygen atoms in total. The number of methoxy groups -OCH3 is 1. The van der Waals surface area contributed by atoms with Crippen molar-refractivity contribution in [3.05, 3.63) is 35.9 Å². The molecule has 0 spiro atoms. The fourth-order valence-electron chi connectivity index (χ4n) is 2.74. The van der Waals surface area contributed by atoms with Crippen LogP contribution < -0.4 is 10.6 Å². The summed E-state index contributed by atoms with van der Waals surface area (Å²) in [5, 5.41) is 6.44. The molecule has 0 bridgehead atoms. The molecule has 0 saturated heterocycles. The Morgan fingerprint density at radius 2 is 1.82 bits per heavy atom. The molecule has 1 aliphatic rings. The zero-order valence-corrected chi connectivity index (χ0v) is 13.2. The van der Waals surface area contributed by atoms with Gasteiger partial charge in [-0.3, -0.25) is 0 Å². The second kappa shape index (κ2) is 9.43. The van der Waals surface area contributed by atoms with E-state index in [1.54, 1.807) is 7.11 Å². The minimum atomic E-state index is -0.320. The van der Waals surface area contributed by atoms with Gasteiger partial charge in [0.2, 0.25) is 0 Å². The molecule has 0 unspecified atom stereocenters. The van der Waals surface area contributed by atoms with Gasteiger partial charge < -0.3 is 20.1 Å². The smallest absolute Gasteiger partial charge is 0.407 e. The quantitative estimate of drug-likeness (QED) is 0.760. The summed E-state index contributed by atoms with van der Waals surface area (Å²) in [5.41, 5.74) is 1.00. The Morgan fingerprint density at radius 3 is 2.50 bits per heavy atom. The molecule has 1 fully saturated rings. The summed E-state index contributed by atoms with van der Waals surface area (Å²) in [7, 11) is 1.71.